The molecule has 0 unspecified atom stereocenters. The molecule has 4 nitrogen and oxygen atoms in total. The van der Waals surface area contributed by atoms with E-state index in [1.54, 1.807) is 11.3 Å². The summed E-state index contributed by atoms with van der Waals surface area (Å²) in [5.74, 6) is -0.182. The zero-order valence-electron chi connectivity index (χ0n) is 13.0. The number of benzene rings is 2. The molecule has 1 aromatic heterocycles. The van der Waals surface area contributed by atoms with Crippen molar-refractivity contribution in [2.24, 2.45) is 5.10 Å². The number of carbonyl (C=O) groups excluding carboxylic acids is 1. The normalized spacial score (nSPS) is 11.5. The van der Waals surface area contributed by atoms with Gasteiger partial charge >= 0.3 is 0 Å². The molecule has 0 saturated carbocycles. The number of thiophene rings is 1. The van der Waals surface area contributed by atoms with Crippen molar-refractivity contribution in [3.63, 3.8) is 0 Å². The summed E-state index contributed by atoms with van der Waals surface area (Å²) in [6.45, 7) is 2.04. The molecule has 3 rings (SSSR count). The van der Waals surface area contributed by atoms with Crippen molar-refractivity contribution >= 4 is 55.3 Å². The van der Waals surface area contributed by atoms with Gasteiger partial charge < -0.3 is 5.32 Å². The fraction of sp³-hybridized carbons (Fsp3) is 0.111. The van der Waals surface area contributed by atoms with Gasteiger partial charge in [0.25, 0.3) is 5.91 Å². The fourth-order valence-electron chi connectivity index (χ4n) is 2.30. The van der Waals surface area contributed by atoms with Crippen LogP contribution in [0.5, 0.6) is 0 Å². The highest BCUT2D eigenvalue weighted by molar-refractivity contribution is 9.11. The third-order valence-corrected chi connectivity index (χ3v) is 5.24. The largest absolute Gasteiger partial charge is 0.376 e. The number of fused-ring (bicyclic) bond motifs is 1. The number of rotatable bonds is 5. The molecule has 6 heteroatoms. The molecule has 0 fully saturated rings. The standard InChI is InChI=1S/C18H16BrN3OS/c1-12(16-9-10-17(19)24-16)21-22-18(23)11-20-15-8-4-6-13-5-2-3-7-14(13)15/h2-10,20H,11H2,1H3,(H,22,23). The molecular formula is C18H16BrN3OS. The molecule has 0 spiro atoms. The van der Waals surface area contributed by atoms with Crippen LogP contribution in [-0.4, -0.2) is 18.2 Å². The first-order valence-corrected chi connectivity index (χ1v) is 9.05. The van der Waals surface area contributed by atoms with Crippen molar-refractivity contribution in [3.8, 4) is 0 Å². The fourth-order valence-corrected chi connectivity index (χ4v) is 3.64. The molecule has 1 amide bonds. The number of nitrogens with zero attached hydrogens (tertiary/aromatic N) is 1. The van der Waals surface area contributed by atoms with Crippen molar-refractivity contribution in [1.82, 2.24) is 5.43 Å². The Hall–Kier alpha value is -2.18. The van der Waals surface area contributed by atoms with E-state index >= 15 is 0 Å². The average molecular weight is 402 g/mol. The Bertz CT molecular complexity index is 899. The van der Waals surface area contributed by atoms with E-state index in [-0.39, 0.29) is 12.5 Å². The highest BCUT2D eigenvalue weighted by Crippen LogP contribution is 2.23. The van der Waals surface area contributed by atoms with Gasteiger partial charge in [-0.15, -0.1) is 11.3 Å². The zero-order valence-corrected chi connectivity index (χ0v) is 15.4. The summed E-state index contributed by atoms with van der Waals surface area (Å²) in [7, 11) is 0. The third-order valence-electron chi connectivity index (χ3n) is 3.51. The van der Waals surface area contributed by atoms with Gasteiger partial charge in [0.1, 0.15) is 0 Å². The second kappa shape index (κ2) is 7.59. The van der Waals surface area contributed by atoms with Gasteiger partial charge in [0.2, 0.25) is 0 Å². The summed E-state index contributed by atoms with van der Waals surface area (Å²) >= 11 is 5.00. The minimum absolute atomic E-state index is 0.166. The van der Waals surface area contributed by atoms with Gasteiger partial charge in [-0.2, -0.15) is 5.10 Å². The molecule has 0 atom stereocenters. The van der Waals surface area contributed by atoms with Crippen LogP contribution in [0, 0.1) is 0 Å². The lowest BCUT2D eigenvalue weighted by Crippen LogP contribution is -2.26. The second-order valence-electron chi connectivity index (χ2n) is 5.22. The van der Waals surface area contributed by atoms with Gasteiger partial charge in [-0.05, 0) is 46.4 Å². The van der Waals surface area contributed by atoms with E-state index in [0.29, 0.717) is 0 Å². The number of nitrogens with one attached hydrogen (secondary N) is 2. The summed E-state index contributed by atoms with van der Waals surface area (Å²) in [6, 6.07) is 18.0. The quantitative estimate of drug-likeness (QED) is 0.484. The Morgan fingerprint density at radius 3 is 2.71 bits per heavy atom. The summed E-state index contributed by atoms with van der Waals surface area (Å²) in [5, 5.41) is 9.55. The number of hydrogen-bond donors (Lipinski definition) is 2. The Labute approximate surface area is 152 Å². The predicted octanol–water partition coefficient (Wildman–Crippen LogP) is 4.62. The first-order valence-electron chi connectivity index (χ1n) is 7.44. The first-order chi connectivity index (χ1) is 11.6. The average Bonchev–Trinajstić information content (AvgIpc) is 3.04. The van der Waals surface area contributed by atoms with Crippen LogP contribution in [0.4, 0.5) is 5.69 Å². The molecule has 3 aromatic rings. The Morgan fingerprint density at radius 2 is 1.92 bits per heavy atom. The Morgan fingerprint density at radius 1 is 1.12 bits per heavy atom. The number of carbonyl (C=O) groups is 1. The first kappa shape index (κ1) is 16.7. The lowest BCUT2D eigenvalue weighted by atomic mass is 10.1. The van der Waals surface area contributed by atoms with Crippen molar-refractivity contribution < 1.29 is 4.79 Å². The zero-order chi connectivity index (χ0) is 16.9. The van der Waals surface area contributed by atoms with Gasteiger partial charge in [0, 0.05) is 11.1 Å². The van der Waals surface area contributed by atoms with Crippen molar-refractivity contribution in [2.45, 2.75) is 6.92 Å². The van der Waals surface area contributed by atoms with Gasteiger partial charge in [0.05, 0.1) is 20.9 Å². The van der Waals surface area contributed by atoms with E-state index in [2.05, 4.69) is 31.8 Å². The summed E-state index contributed by atoms with van der Waals surface area (Å²) in [5.41, 5.74) is 4.30. The molecule has 1 heterocycles. The molecule has 2 aromatic carbocycles. The number of halogens is 1. The van der Waals surface area contributed by atoms with E-state index in [0.717, 1.165) is 30.8 Å². The van der Waals surface area contributed by atoms with Gasteiger partial charge in [-0.3, -0.25) is 4.79 Å². The van der Waals surface area contributed by atoms with Gasteiger partial charge in [-0.1, -0.05) is 36.4 Å². The highest BCUT2D eigenvalue weighted by Gasteiger charge is 2.05. The third kappa shape index (κ3) is 4.01. The maximum atomic E-state index is 12.0. The number of amides is 1. The maximum absolute atomic E-state index is 12.0. The number of hydrogen-bond acceptors (Lipinski definition) is 4. The minimum atomic E-state index is -0.182. The smallest absolute Gasteiger partial charge is 0.259 e. The number of anilines is 1. The summed E-state index contributed by atoms with van der Waals surface area (Å²) < 4.78 is 1.04. The minimum Gasteiger partial charge on any atom is -0.376 e. The summed E-state index contributed by atoms with van der Waals surface area (Å²) in [4.78, 5) is 13.0. The summed E-state index contributed by atoms with van der Waals surface area (Å²) in [6.07, 6.45) is 0. The van der Waals surface area contributed by atoms with Crippen LogP contribution < -0.4 is 10.7 Å². The van der Waals surface area contributed by atoms with Crippen LogP contribution in [0.15, 0.2) is 63.5 Å². The molecule has 0 aliphatic carbocycles. The van der Waals surface area contributed by atoms with Gasteiger partial charge in [0.15, 0.2) is 0 Å². The van der Waals surface area contributed by atoms with Crippen LogP contribution in [0.2, 0.25) is 0 Å². The van der Waals surface area contributed by atoms with Crippen LogP contribution in [0.1, 0.15) is 11.8 Å². The Balaban J connectivity index is 1.61. The van der Waals surface area contributed by atoms with E-state index in [9.17, 15) is 4.79 Å². The van der Waals surface area contributed by atoms with E-state index in [1.165, 1.54) is 0 Å². The number of hydrazone groups is 1. The van der Waals surface area contributed by atoms with E-state index < -0.39 is 0 Å². The van der Waals surface area contributed by atoms with E-state index in [1.807, 2.05) is 61.5 Å². The lowest BCUT2D eigenvalue weighted by molar-refractivity contribution is -0.119. The SMILES string of the molecule is CC(=NNC(=O)CNc1cccc2ccccc12)c1ccc(Br)s1. The van der Waals surface area contributed by atoms with Crippen LogP contribution in [0.25, 0.3) is 10.8 Å². The van der Waals surface area contributed by atoms with Crippen molar-refractivity contribution in [3.05, 3.63) is 63.3 Å². The Kier molecular flexibility index (Phi) is 5.27. The second-order valence-corrected chi connectivity index (χ2v) is 7.68. The topological polar surface area (TPSA) is 53.5 Å². The molecular weight excluding hydrogens is 386 g/mol. The maximum Gasteiger partial charge on any atom is 0.259 e. The molecule has 122 valence electrons. The van der Waals surface area contributed by atoms with Crippen molar-refractivity contribution in [2.75, 3.05) is 11.9 Å². The van der Waals surface area contributed by atoms with Crippen LogP contribution in [-0.2, 0) is 4.79 Å². The molecule has 0 bridgehead atoms. The molecule has 0 radical (unpaired) electrons. The molecule has 0 saturated heterocycles. The van der Waals surface area contributed by atoms with E-state index in [4.69, 9.17) is 0 Å². The van der Waals surface area contributed by atoms with Crippen molar-refractivity contribution in [1.29, 1.82) is 0 Å². The lowest BCUT2D eigenvalue weighted by Gasteiger charge is -2.09. The van der Waals surface area contributed by atoms with Crippen LogP contribution >= 0.6 is 27.3 Å². The highest BCUT2D eigenvalue weighted by atomic mass is 79.9. The van der Waals surface area contributed by atoms with Gasteiger partial charge in [-0.25, -0.2) is 5.43 Å². The predicted molar refractivity (Wildman–Crippen MR) is 105 cm³/mol. The molecule has 0 aliphatic rings. The molecule has 2 N–H and O–H groups in total. The molecule has 24 heavy (non-hydrogen) atoms. The van der Waals surface area contributed by atoms with Crippen LogP contribution in [0.3, 0.4) is 0 Å². The molecule has 0 aliphatic heterocycles. The monoisotopic (exact) mass is 401 g/mol.